The molecule has 0 radical (unpaired) electrons. The topological polar surface area (TPSA) is 37.9 Å². The van der Waals surface area contributed by atoms with Crippen molar-refractivity contribution < 1.29 is 8.07 Å². The number of hydrogen-bond donors (Lipinski definition) is 1. The quantitative estimate of drug-likeness (QED) is 0.304. The lowest BCUT2D eigenvalue weighted by Gasteiger charge is -2.07. The third-order valence-corrected chi connectivity index (χ3v) is 5.76. The third-order valence-electron chi connectivity index (χ3n) is 3.22. The van der Waals surface area contributed by atoms with Gasteiger partial charge in [0.05, 0.1) is 15.6 Å². The number of halogens is 4. The molecule has 0 amide bonds. The molecule has 1 heterocycles. The largest absolute Gasteiger partial charge is 0.340 e. The SMILES string of the molecule is CC.FSOCc1nc2c(Cl)c(Cl)c(SCc3ccc(Cl)cc3)cc2[nH]1. The van der Waals surface area contributed by atoms with Crippen molar-refractivity contribution in [2.24, 2.45) is 0 Å². The molecular formula is C17H16Cl3FN2OS2. The summed E-state index contributed by atoms with van der Waals surface area (Å²) in [4.78, 5) is 8.17. The van der Waals surface area contributed by atoms with E-state index in [1.54, 1.807) is 11.8 Å². The molecule has 0 aliphatic carbocycles. The molecule has 0 bridgehead atoms. The Kier molecular flexibility index (Phi) is 8.87. The van der Waals surface area contributed by atoms with Crippen molar-refractivity contribution >= 4 is 70.0 Å². The van der Waals surface area contributed by atoms with Crippen molar-refractivity contribution in [3.05, 3.63) is 56.8 Å². The average molecular weight is 454 g/mol. The Hall–Kier alpha value is -0.630. The van der Waals surface area contributed by atoms with E-state index in [-0.39, 0.29) is 19.0 Å². The first kappa shape index (κ1) is 21.7. The maximum absolute atomic E-state index is 12.0. The van der Waals surface area contributed by atoms with E-state index in [1.807, 2.05) is 44.2 Å². The van der Waals surface area contributed by atoms with Crippen LogP contribution in [0.25, 0.3) is 11.0 Å². The maximum Gasteiger partial charge on any atom is 0.208 e. The minimum absolute atomic E-state index is 0.0110. The fourth-order valence-corrected chi connectivity index (χ4v) is 3.95. The summed E-state index contributed by atoms with van der Waals surface area (Å²) in [6.45, 7) is 4.01. The number of nitrogens with zero attached hydrogens (tertiary/aromatic N) is 1. The van der Waals surface area contributed by atoms with Gasteiger partial charge in [-0.3, -0.25) is 4.18 Å². The number of imidazole rings is 1. The minimum atomic E-state index is -0.209. The van der Waals surface area contributed by atoms with Crippen LogP contribution in [0.15, 0.2) is 35.2 Å². The van der Waals surface area contributed by atoms with Gasteiger partial charge in [-0.05, 0) is 23.8 Å². The summed E-state index contributed by atoms with van der Waals surface area (Å²) < 4.78 is 16.7. The van der Waals surface area contributed by atoms with Crippen molar-refractivity contribution in [3.8, 4) is 0 Å². The van der Waals surface area contributed by atoms with E-state index >= 15 is 0 Å². The van der Waals surface area contributed by atoms with Crippen LogP contribution in [0, 0.1) is 0 Å². The number of rotatable bonds is 6. The smallest absolute Gasteiger partial charge is 0.208 e. The Morgan fingerprint density at radius 3 is 2.46 bits per heavy atom. The standard InChI is InChI=1S/C15H10Cl3FN2OS2.C2H6/c16-9-3-1-8(2-4-9)7-23-11-5-10-15(14(18)13(11)17)21-12(20-10)6-22-24-19;1-2/h1-5H,6-7H2,(H,20,21);1-2H3. The highest BCUT2D eigenvalue weighted by molar-refractivity contribution is 7.98. The minimum Gasteiger partial charge on any atom is -0.340 e. The molecule has 0 unspecified atom stereocenters. The molecule has 0 atom stereocenters. The molecule has 1 aromatic heterocycles. The van der Waals surface area contributed by atoms with Gasteiger partial charge >= 0.3 is 0 Å². The summed E-state index contributed by atoms with van der Waals surface area (Å²) in [6, 6.07) is 9.50. The summed E-state index contributed by atoms with van der Waals surface area (Å²) in [7, 11) is 0. The number of hydrogen-bond acceptors (Lipinski definition) is 4. The zero-order chi connectivity index (χ0) is 19.1. The fraction of sp³-hybridized carbons (Fsp3) is 0.235. The van der Waals surface area contributed by atoms with Crippen LogP contribution in [0.1, 0.15) is 25.2 Å². The van der Waals surface area contributed by atoms with Crippen LogP contribution in [-0.4, -0.2) is 9.97 Å². The van der Waals surface area contributed by atoms with Gasteiger partial charge in [0.2, 0.25) is 12.4 Å². The Morgan fingerprint density at radius 1 is 1.12 bits per heavy atom. The van der Waals surface area contributed by atoms with Crippen LogP contribution in [-0.2, 0) is 16.5 Å². The lowest BCUT2D eigenvalue weighted by molar-refractivity contribution is 0.340. The molecule has 9 heteroatoms. The molecule has 3 rings (SSSR count). The zero-order valence-electron chi connectivity index (χ0n) is 14.0. The fourth-order valence-electron chi connectivity index (χ4n) is 2.11. The normalized spacial score (nSPS) is 10.7. The summed E-state index contributed by atoms with van der Waals surface area (Å²) in [5.41, 5.74) is 2.39. The van der Waals surface area contributed by atoms with Gasteiger partial charge in [0.25, 0.3) is 0 Å². The molecule has 0 fully saturated rings. The lowest BCUT2D eigenvalue weighted by Crippen LogP contribution is -1.86. The van der Waals surface area contributed by atoms with E-state index in [9.17, 15) is 3.89 Å². The molecule has 26 heavy (non-hydrogen) atoms. The molecular weight excluding hydrogens is 438 g/mol. The van der Waals surface area contributed by atoms with E-state index in [0.717, 1.165) is 21.7 Å². The Morgan fingerprint density at radius 2 is 1.81 bits per heavy atom. The van der Waals surface area contributed by atoms with E-state index in [0.29, 0.717) is 26.4 Å². The zero-order valence-corrected chi connectivity index (χ0v) is 17.9. The number of aromatic amines is 1. The summed E-state index contributed by atoms with van der Waals surface area (Å²) in [5, 5.41) is 1.51. The van der Waals surface area contributed by atoms with Crippen LogP contribution in [0.3, 0.4) is 0 Å². The van der Waals surface area contributed by atoms with E-state index in [2.05, 4.69) is 14.2 Å². The van der Waals surface area contributed by atoms with Crippen LogP contribution >= 0.6 is 59.0 Å². The van der Waals surface area contributed by atoms with Crippen LogP contribution in [0.4, 0.5) is 3.89 Å². The summed E-state index contributed by atoms with van der Waals surface area (Å²) in [5.74, 6) is 1.20. The average Bonchev–Trinajstić information content (AvgIpc) is 3.08. The summed E-state index contributed by atoms with van der Waals surface area (Å²) in [6.07, 6.45) is 0. The number of benzene rings is 2. The lowest BCUT2D eigenvalue weighted by atomic mass is 10.2. The Bertz CT molecular complexity index is 859. The van der Waals surface area contributed by atoms with Crippen molar-refractivity contribution in [3.63, 3.8) is 0 Å². The molecule has 1 N–H and O–H groups in total. The van der Waals surface area contributed by atoms with E-state index < -0.39 is 0 Å². The maximum atomic E-state index is 12.0. The number of fused-ring (bicyclic) bond motifs is 1. The van der Waals surface area contributed by atoms with Gasteiger partial charge in [0, 0.05) is 15.7 Å². The molecule has 2 aromatic carbocycles. The van der Waals surface area contributed by atoms with E-state index in [4.69, 9.17) is 34.8 Å². The Balaban J connectivity index is 0.00000117. The van der Waals surface area contributed by atoms with Gasteiger partial charge in [-0.1, -0.05) is 60.8 Å². The van der Waals surface area contributed by atoms with E-state index in [1.165, 1.54) is 0 Å². The third kappa shape index (κ3) is 5.44. The second-order valence-electron chi connectivity index (χ2n) is 4.82. The van der Waals surface area contributed by atoms with Gasteiger partial charge in [-0.15, -0.1) is 15.6 Å². The molecule has 0 aliphatic heterocycles. The highest BCUT2D eigenvalue weighted by atomic mass is 35.5. The molecule has 3 nitrogen and oxygen atoms in total. The first-order chi connectivity index (χ1) is 12.6. The molecule has 140 valence electrons. The predicted molar refractivity (Wildman–Crippen MR) is 112 cm³/mol. The highest BCUT2D eigenvalue weighted by Crippen LogP contribution is 2.39. The Labute approximate surface area is 175 Å². The van der Waals surface area contributed by atoms with Gasteiger partial charge in [-0.25, -0.2) is 4.98 Å². The van der Waals surface area contributed by atoms with Crippen molar-refractivity contribution in [1.82, 2.24) is 9.97 Å². The summed E-state index contributed by atoms with van der Waals surface area (Å²) >= 11 is 19.9. The van der Waals surface area contributed by atoms with Crippen LogP contribution < -0.4 is 0 Å². The number of nitrogens with one attached hydrogen (secondary N) is 1. The van der Waals surface area contributed by atoms with Crippen molar-refractivity contribution in [1.29, 1.82) is 0 Å². The number of thioether (sulfide) groups is 1. The second kappa shape index (κ2) is 10.6. The first-order valence-corrected chi connectivity index (χ1v) is 10.5. The van der Waals surface area contributed by atoms with Gasteiger partial charge in [-0.2, -0.15) is 0 Å². The predicted octanol–water partition coefficient (Wildman–Crippen LogP) is 7.89. The molecule has 0 aliphatic rings. The molecule has 0 saturated heterocycles. The molecule has 3 aromatic rings. The van der Waals surface area contributed by atoms with Crippen LogP contribution in [0.5, 0.6) is 0 Å². The number of H-pyrrole nitrogens is 1. The number of aromatic nitrogens is 2. The van der Waals surface area contributed by atoms with Gasteiger partial charge in [0.15, 0.2) is 0 Å². The van der Waals surface area contributed by atoms with Crippen LogP contribution in [0.2, 0.25) is 15.1 Å². The monoisotopic (exact) mass is 452 g/mol. The molecule has 0 saturated carbocycles. The van der Waals surface area contributed by atoms with Crippen molar-refractivity contribution in [2.75, 3.05) is 0 Å². The molecule has 0 spiro atoms. The highest BCUT2D eigenvalue weighted by Gasteiger charge is 2.15. The van der Waals surface area contributed by atoms with Gasteiger partial charge in [0.1, 0.15) is 17.9 Å². The van der Waals surface area contributed by atoms with Crippen molar-refractivity contribution in [2.45, 2.75) is 31.1 Å². The van der Waals surface area contributed by atoms with Gasteiger partial charge < -0.3 is 4.98 Å². The second-order valence-corrected chi connectivity index (χ2v) is 7.39. The first-order valence-electron chi connectivity index (χ1n) is 7.72.